The highest BCUT2D eigenvalue weighted by atomic mass is 16.2. The minimum Gasteiger partial charge on any atom is -0.354 e. The molecule has 0 aromatic carbocycles. The lowest BCUT2D eigenvalue weighted by Gasteiger charge is -2.33. The Kier molecular flexibility index (Phi) is 4.99. The van der Waals surface area contributed by atoms with Crippen LogP contribution in [-0.4, -0.2) is 25.0 Å². The fourth-order valence-corrected chi connectivity index (χ4v) is 2.03. The Morgan fingerprint density at radius 1 is 1.47 bits per heavy atom. The molecule has 1 heterocycles. The molecule has 1 saturated heterocycles. The summed E-state index contributed by atoms with van der Waals surface area (Å²) in [6, 6.07) is 0.00622. The Morgan fingerprint density at radius 3 is 2.65 bits per heavy atom. The van der Waals surface area contributed by atoms with E-state index >= 15 is 0 Å². The second-order valence-electron chi connectivity index (χ2n) is 6.41. The Morgan fingerprint density at radius 2 is 2.12 bits per heavy atom. The van der Waals surface area contributed by atoms with Gasteiger partial charge in [-0.3, -0.25) is 4.79 Å². The standard InChI is InChI=1S/C14H28N2O/c1-10(2)14(4,5)9-16-13(17)12-11(3)7-6-8-15-12/h10-12,15H,6-9H2,1-5H3,(H,16,17). The third-order valence-corrected chi connectivity index (χ3v) is 4.33. The van der Waals surface area contributed by atoms with Gasteiger partial charge >= 0.3 is 0 Å². The highest BCUT2D eigenvalue weighted by Gasteiger charge is 2.29. The van der Waals surface area contributed by atoms with Crippen molar-refractivity contribution in [2.45, 2.75) is 53.5 Å². The summed E-state index contributed by atoms with van der Waals surface area (Å²) in [7, 11) is 0. The second-order valence-corrected chi connectivity index (χ2v) is 6.41. The molecule has 1 rings (SSSR count). The van der Waals surface area contributed by atoms with E-state index in [2.05, 4.69) is 45.3 Å². The number of nitrogens with one attached hydrogen (secondary N) is 2. The topological polar surface area (TPSA) is 41.1 Å². The van der Waals surface area contributed by atoms with Gasteiger partial charge in [-0.1, -0.05) is 34.6 Å². The molecular formula is C14H28N2O. The summed E-state index contributed by atoms with van der Waals surface area (Å²) in [4.78, 5) is 12.1. The Hall–Kier alpha value is -0.570. The van der Waals surface area contributed by atoms with Gasteiger partial charge in [0.2, 0.25) is 5.91 Å². The van der Waals surface area contributed by atoms with E-state index in [0.717, 1.165) is 19.5 Å². The van der Waals surface area contributed by atoms with Crippen LogP contribution in [0.25, 0.3) is 0 Å². The quantitative estimate of drug-likeness (QED) is 0.791. The van der Waals surface area contributed by atoms with Crippen molar-refractivity contribution in [1.82, 2.24) is 10.6 Å². The van der Waals surface area contributed by atoms with Gasteiger partial charge in [0.25, 0.3) is 0 Å². The number of hydrogen-bond donors (Lipinski definition) is 2. The monoisotopic (exact) mass is 240 g/mol. The fraction of sp³-hybridized carbons (Fsp3) is 0.929. The molecule has 100 valence electrons. The van der Waals surface area contributed by atoms with Crippen LogP contribution in [0, 0.1) is 17.3 Å². The van der Waals surface area contributed by atoms with E-state index in [4.69, 9.17) is 0 Å². The van der Waals surface area contributed by atoms with Gasteiger partial charge in [0.1, 0.15) is 0 Å². The number of piperidine rings is 1. The highest BCUT2D eigenvalue weighted by Crippen LogP contribution is 2.25. The summed E-state index contributed by atoms with van der Waals surface area (Å²) < 4.78 is 0. The molecule has 3 nitrogen and oxygen atoms in total. The van der Waals surface area contributed by atoms with Crippen molar-refractivity contribution in [3.63, 3.8) is 0 Å². The lowest BCUT2D eigenvalue weighted by molar-refractivity contribution is -0.125. The van der Waals surface area contributed by atoms with Crippen LogP contribution in [0.5, 0.6) is 0 Å². The van der Waals surface area contributed by atoms with E-state index < -0.39 is 0 Å². The molecule has 0 radical (unpaired) electrons. The third kappa shape index (κ3) is 3.98. The van der Waals surface area contributed by atoms with Gasteiger partial charge in [0.15, 0.2) is 0 Å². The van der Waals surface area contributed by atoms with Gasteiger partial charge < -0.3 is 10.6 Å². The first-order chi connectivity index (χ1) is 7.84. The predicted molar refractivity (Wildman–Crippen MR) is 71.8 cm³/mol. The van der Waals surface area contributed by atoms with E-state index in [1.807, 2.05) is 0 Å². The van der Waals surface area contributed by atoms with Crippen molar-refractivity contribution >= 4 is 5.91 Å². The lowest BCUT2D eigenvalue weighted by atomic mass is 9.81. The molecule has 2 N–H and O–H groups in total. The normalized spacial score (nSPS) is 26.0. The summed E-state index contributed by atoms with van der Waals surface area (Å²) in [5, 5.41) is 6.43. The van der Waals surface area contributed by atoms with Crippen LogP contribution >= 0.6 is 0 Å². The summed E-state index contributed by atoms with van der Waals surface area (Å²) in [5.74, 6) is 1.19. The maximum Gasteiger partial charge on any atom is 0.237 e. The molecule has 1 aliphatic rings. The van der Waals surface area contributed by atoms with Crippen molar-refractivity contribution in [3.8, 4) is 0 Å². The van der Waals surface area contributed by atoms with Crippen LogP contribution in [0.1, 0.15) is 47.5 Å². The number of rotatable bonds is 4. The van der Waals surface area contributed by atoms with Crippen LogP contribution < -0.4 is 10.6 Å². The van der Waals surface area contributed by atoms with E-state index in [9.17, 15) is 4.79 Å². The average Bonchev–Trinajstić information content (AvgIpc) is 2.26. The molecule has 0 saturated carbocycles. The maximum atomic E-state index is 12.1. The van der Waals surface area contributed by atoms with Gasteiger partial charge in [-0.05, 0) is 36.6 Å². The van der Waals surface area contributed by atoms with E-state index in [0.29, 0.717) is 11.8 Å². The summed E-state index contributed by atoms with van der Waals surface area (Å²) in [6.45, 7) is 12.7. The molecule has 1 aliphatic heterocycles. The minimum atomic E-state index is 0.00622. The minimum absolute atomic E-state index is 0.00622. The maximum absolute atomic E-state index is 12.1. The fourth-order valence-electron chi connectivity index (χ4n) is 2.03. The average molecular weight is 240 g/mol. The number of amides is 1. The summed E-state index contributed by atoms with van der Waals surface area (Å²) in [6.07, 6.45) is 2.33. The zero-order chi connectivity index (χ0) is 13.1. The van der Waals surface area contributed by atoms with Gasteiger partial charge in [-0.2, -0.15) is 0 Å². The Balaban J connectivity index is 2.44. The van der Waals surface area contributed by atoms with Crippen LogP contribution in [0.4, 0.5) is 0 Å². The van der Waals surface area contributed by atoms with Crippen molar-refractivity contribution in [2.24, 2.45) is 17.3 Å². The number of carbonyl (C=O) groups excluding carboxylic acids is 1. The number of hydrogen-bond acceptors (Lipinski definition) is 2. The van der Waals surface area contributed by atoms with Gasteiger partial charge in [0.05, 0.1) is 6.04 Å². The van der Waals surface area contributed by atoms with Crippen molar-refractivity contribution < 1.29 is 4.79 Å². The van der Waals surface area contributed by atoms with E-state index in [-0.39, 0.29) is 17.4 Å². The Bertz CT molecular complexity index is 261. The van der Waals surface area contributed by atoms with Crippen molar-refractivity contribution in [2.75, 3.05) is 13.1 Å². The van der Waals surface area contributed by atoms with Crippen LogP contribution in [0.15, 0.2) is 0 Å². The molecule has 0 bridgehead atoms. The smallest absolute Gasteiger partial charge is 0.237 e. The zero-order valence-corrected chi connectivity index (χ0v) is 12.0. The molecule has 2 unspecified atom stereocenters. The zero-order valence-electron chi connectivity index (χ0n) is 12.0. The SMILES string of the molecule is CC1CCCNC1C(=O)NCC(C)(C)C(C)C. The van der Waals surface area contributed by atoms with Crippen LogP contribution in [0.3, 0.4) is 0 Å². The molecule has 17 heavy (non-hydrogen) atoms. The molecular weight excluding hydrogens is 212 g/mol. The molecule has 0 aliphatic carbocycles. The van der Waals surface area contributed by atoms with Crippen LogP contribution in [-0.2, 0) is 4.79 Å². The highest BCUT2D eigenvalue weighted by molar-refractivity contribution is 5.82. The van der Waals surface area contributed by atoms with E-state index in [1.54, 1.807) is 0 Å². The molecule has 0 spiro atoms. The first kappa shape index (κ1) is 14.5. The van der Waals surface area contributed by atoms with Crippen LogP contribution in [0.2, 0.25) is 0 Å². The van der Waals surface area contributed by atoms with Gasteiger partial charge in [-0.25, -0.2) is 0 Å². The van der Waals surface area contributed by atoms with Gasteiger partial charge in [-0.15, -0.1) is 0 Å². The first-order valence-corrected chi connectivity index (χ1v) is 6.85. The summed E-state index contributed by atoms with van der Waals surface area (Å²) in [5.41, 5.74) is 0.160. The number of carbonyl (C=O) groups is 1. The molecule has 0 aromatic heterocycles. The molecule has 0 aromatic rings. The summed E-state index contributed by atoms with van der Waals surface area (Å²) >= 11 is 0. The van der Waals surface area contributed by atoms with Crippen molar-refractivity contribution in [1.29, 1.82) is 0 Å². The molecule has 2 atom stereocenters. The largest absolute Gasteiger partial charge is 0.354 e. The van der Waals surface area contributed by atoms with Crippen molar-refractivity contribution in [3.05, 3.63) is 0 Å². The third-order valence-electron chi connectivity index (χ3n) is 4.33. The van der Waals surface area contributed by atoms with Gasteiger partial charge in [0, 0.05) is 6.54 Å². The molecule has 3 heteroatoms. The lowest BCUT2D eigenvalue weighted by Crippen LogP contribution is -2.52. The first-order valence-electron chi connectivity index (χ1n) is 6.85. The molecule has 1 fully saturated rings. The van der Waals surface area contributed by atoms with E-state index in [1.165, 1.54) is 6.42 Å². The Labute approximate surface area is 106 Å². The molecule has 1 amide bonds. The predicted octanol–water partition coefficient (Wildman–Crippen LogP) is 2.17. The second kappa shape index (κ2) is 5.85.